The fraction of sp³-hybridized carbons (Fsp3) is 0.357. The number of rotatable bonds is 7. The van der Waals surface area contributed by atoms with Crippen LogP contribution in [0.2, 0.25) is 0 Å². The summed E-state index contributed by atoms with van der Waals surface area (Å²) in [4.78, 5) is 26.8. The first-order chi connectivity index (χ1) is 18.6. The van der Waals surface area contributed by atoms with Crippen molar-refractivity contribution in [3.63, 3.8) is 0 Å². The van der Waals surface area contributed by atoms with Gasteiger partial charge in [-0.1, -0.05) is 25.1 Å². The molecule has 4 aromatic rings. The Morgan fingerprint density at radius 1 is 1.15 bits per heavy atom. The number of aromatic nitrogens is 4. The number of aryl methyl sites for hydroxylation is 1. The summed E-state index contributed by atoms with van der Waals surface area (Å²) >= 11 is 0. The molecule has 11 heteroatoms. The van der Waals surface area contributed by atoms with Gasteiger partial charge in [0.1, 0.15) is 17.2 Å². The average Bonchev–Trinajstić information content (AvgIpc) is 3.22. The van der Waals surface area contributed by atoms with Crippen LogP contribution in [0, 0.1) is 18.2 Å². The number of alkyl halides is 2. The third-order valence-electron chi connectivity index (χ3n) is 7.56. The molecule has 0 amide bonds. The second-order valence-electron chi connectivity index (χ2n) is 10.1. The molecule has 1 fully saturated rings. The van der Waals surface area contributed by atoms with Crippen molar-refractivity contribution in [2.45, 2.75) is 46.1 Å². The van der Waals surface area contributed by atoms with Crippen LogP contribution in [0.15, 0.2) is 48.9 Å². The van der Waals surface area contributed by atoms with Gasteiger partial charge >= 0.3 is 12.6 Å². The first-order valence-corrected chi connectivity index (χ1v) is 12.6. The van der Waals surface area contributed by atoms with Crippen LogP contribution < -0.4 is 9.64 Å². The molecular weight excluding hydrogens is 511 g/mol. The number of carboxylic acid groups (broad SMARTS) is 1. The van der Waals surface area contributed by atoms with Gasteiger partial charge in [-0.25, -0.2) is 19.3 Å². The van der Waals surface area contributed by atoms with E-state index in [0.717, 1.165) is 0 Å². The number of aliphatic carboxylic acids is 1. The predicted octanol–water partition coefficient (Wildman–Crippen LogP) is 5.68. The van der Waals surface area contributed by atoms with Crippen molar-refractivity contribution >= 4 is 17.6 Å². The summed E-state index contributed by atoms with van der Waals surface area (Å²) in [6, 6.07) is 7.91. The van der Waals surface area contributed by atoms with Gasteiger partial charge in [0.15, 0.2) is 0 Å². The zero-order valence-corrected chi connectivity index (χ0v) is 21.7. The van der Waals surface area contributed by atoms with Gasteiger partial charge in [0.25, 0.3) is 0 Å². The summed E-state index contributed by atoms with van der Waals surface area (Å²) in [6.07, 6.45) is 5.65. The highest BCUT2D eigenvalue weighted by Crippen LogP contribution is 2.36. The van der Waals surface area contributed by atoms with Gasteiger partial charge in [-0.05, 0) is 32.8 Å². The summed E-state index contributed by atoms with van der Waals surface area (Å²) in [7, 11) is 0. The number of piperidine rings is 1. The van der Waals surface area contributed by atoms with E-state index in [-0.39, 0.29) is 17.2 Å². The molecule has 4 heterocycles. The number of nitrogens with zero attached hydrogens (tertiary/aromatic N) is 5. The van der Waals surface area contributed by atoms with Crippen LogP contribution in [-0.4, -0.2) is 50.1 Å². The maximum atomic E-state index is 15.2. The van der Waals surface area contributed by atoms with Crippen molar-refractivity contribution in [2.75, 3.05) is 18.0 Å². The molecule has 0 spiro atoms. The van der Waals surface area contributed by atoms with Crippen LogP contribution in [0.25, 0.3) is 16.8 Å². The quantitative estimate of drug-likeness (QED) is 0.323. The van der Waals surface area contributed by atoms with E-state index in [1.807, 2.05) is 11.8 Å². The fourth-order valence-electron chi connectivity index (χ4n) is 5.16. The maximum absolute atomic E-state index is 15.2. The standard InChI is InChI=1S/C28H28F3N5O3/c1-16(19-6-4-5-7-22(19)39-26(30)31)24-17(2)34-23-12-21(29)20(15-36(23)24)18-13-32-27(33-14-18)35-10-8-28(3,9-11-35)25(37)38/h4-7,12-16,26H,8-11H2,1-3H3,(H,37,38). The van der Waals surface area contributed by atoms with Crippen LogP contribution in [0.5, 0.6) is 5.75 Å². The summed E-state index contributed by atoms with van der Waals surface area (Å²) in [5.74, 6) is -1.17. The normalized spacial score (nSPS) is 16.0. The Morgan fingerprint density at radius 3 is 2.46 bits per heavy atom. The number of fused-ring (bicyclic) bond motifs is 1. The van der Waals surface area contributed by atoms with Gasteiger partial charge in [0, 0.05) is 60.4 Å². The zero-order chi connectivity index (χ0) is 27.9. The number of halogens is 3. The second-order valence-corrected chi connectivity index (χ2v) is 10.1. The summed E-state index contributed by atoms with van der Waals surface area (Å²) in [6.45, 7) is 3.45. The molecule has 0 bridgehead atoms. The molecule has 1 aliphatic heterocycles. The molecular formula is C28H28F3N5O3. The molecule has 1 saturated heterocycles. The topological polar surface area (TPSA) is 92.9 Å². The van der Waals surface area contributed by atoms with Crippen LogP contribution in [-0.2, 0) is 4.79 Å². The number of pyridine rings is 1. The van der Waals surface area contributed by atoms with Crippen LogP contribution in [0.1, 0.15) is 49.6 Å². The molecule has 0 aliphatic carbocycles. The van der Waals surface area contributed by atoms with Gasteiger partial charge in [-0.15, -0.1) is 0 Å². The SMILES string of the molecule is Cc1nc2cc(F)c(-c3cnc(N4CCC(C)(C(=O)O)CC4)nc3)cn2c1C(C)c1ccccc1OC(F)F. The third-order valence-corrected chi connectivity index (χ3v) is 7.56. The van der Waals surface area contributed by atoms with E-state index in [4.69, 9.17) is 4.74 Å². The zero-order valence-electron chi connectivity index (χ0n) is 21.7. The van der Waals surface area contributed by atoms with Gasteiger partial charge in [0.2, 0.25) is 5.95 Å². The van der Waals surface area contributed by atoms with Gasteiger partial charge in [0.05, 0.1) is 16.8 Å². The number of anilines is 1. The van der Waals surface area contributed by atoms with Crippen molar-refractivity contribution in [3.8, 4) is 16.9 Å². The van der Waals surface area contributed by atoms with Gasteiger partial charge < -0.3 is 19.1 Å². The number of hydrogen-bond donors (Lipinski definition) is 1. The van der Waals surface area contributed by atoms with Gasteiger partial charge in [-0.2, -0.15) is 8.78 Å². The molecule has 8 nitrogen and oxygen atoms in total. The number of para-hydroxylation sites is 1. The van der Waals surface area contributed by atoms with E-state index < -0.39 is 23.8 Å². The summed E-state index contributed by atoms with van der Waals surface area (Å²) < 4.78 is 47.7. The number of carboxylic acids is 1. The Labute approximate surface area is 223 Å². The monoisotopic (exact) mass is 539 g/mol. The van der Waals surface area contributed by atoms with Crippen LogP contribution in [0.3, 0.4) is 0 Å². The van der Waals surface area contributed by atoms with E-state index in [1.54, 1.807) is 42.6 Å². The highest BCUT2D eigenvalue weighted by Gasteiger charge is 2.37. The summed E-state index contributed by atoms with van der Waals surface area (Å²) in [5, 5.41) is 9.46. The largest absolute Gasteiger partial charge is 0.481 e. The summed E-state index contributed by atoms with van der Waals surface area (Å²) in [5.41, 5.74) is 2.24. The lowest BCUT2D eigenvalue weighted by molar-refractivity contribution is -0.149. The molecule has 1 unspecified atom stereocenters. The van der Waals surface area contributed by atoms with E-state index in [9.17, 15) is 18.7 Å². The smallest absolute Gasteiger partial charge is 0.387 e. The van der Waals surface area contributed by atoms with Crippen molar-refractivity contribution in [1.29, 1.82) is 0 Å². The minimum absolute atomic E-state index is 0.0713. The minimum atomic E-state index is -2.96. The number of ether oxygens (including phenoxy) is 1. The van der Waals surface area contributed by atoms with E-state index in [1.165, 1.54) is 24.5 Å². The minimum Gasteiger partial charge on any atom is -0.481 e. The highest BCUT2D eigenvalue weighted by molar-refractivity contribution is 5.74. The molecule has 1 aliphatic rings. The van der Waals surface area contributed by atoms with E-state index in [0.29, 0.717) is 60.0 Å². The predicted molar refractivity (Wildman–Crippen MR) is 139 cm³/mol. The third kappa shape index (κ3) is 5.00. The van der Waals surface area contributed by atoms with Gasteiger partial charge in [-0.3, -0.25) is 4.79 Å². The van der Waals surface area contributed by atoms with E-state index >= 15 is 4.39 Å². The first-order valence-electron chi connectivity index (χ1n) is 12.6. The number of imidazole rings is 1. The molecule has 3 aromatic heterocycles. The molecule has 1 atom stereocenters. The Balaban J connectivity index is 1.46. The maximum Gasteiger partial charge on any atom is 0.387 e. The number of hydrogen-bond acceptors (Lipinski definition) is 6. The van der Waals surface area contributed by atoms with Crippen molar-refractivity contribution in [2.24, 2.45) is 5.41 Å². The molecule has 1 N–H and O–H groups in total. The lowest BCUT2D eigenvalue weighted by Crippen LogP contribution is -2.43. The molecule has 0 saturated carbocycles. The lowest BCUT2D eigenvalue weighted by atomic mass is 9.80. The van der Waals surface area contributed by atoms with Crippen molar-refractivity contribution < 1.29 is 27.8 Å². The van der Waals surface area contributed by atoms with E-state index in [2.05, 4.69) is 15.0 Å². The number of benzene rings is 1. The fourth-order valence-corrected chi connectivity index (χ4v) is 5.16. The molecule has 5 rings (SSSR count). The van der Waals surface area contributed by atoms with Crippen molar-refractivity contribution in [1.82, 2.24) is 19.4 Å². The van der Waals surface area contributed by atoms with Crippen LogP contribution >= 0.6 is 0 Å². The Bertz CT molecular complexity index is 1520. The highest BCUT2D eigenvalue weighted by atomic mass is 19.3. The first kappa shape index (κ1) is 26.5. The Hall–Kier alpha value is -4.15. The second kappa shape index (κ2) is 10.2. The average molecular weight is 540 g/mol. The molecule has 0 radical (unpaired) electrons. The molecule has 39 heavy (non-hydrogen) atoms. The Kier molecular flexibility index (Phi) is 6.92. The molecule has 1 aromatic carbocycles. The molecule has 204 valence electrons. The van der Waals surface area contributed by atoms with Crippen LogP contribution in [0.4, 0.5) is 19.1 Å². The Morgan fingerprint density at radius 2 is 1.82 bits per heavy atom. The lowest BCUT2D eigenvalue weighted by Gasteiger charge is -2.36. The van der Waals surface area contributed by atoms with Crippen molar-refractivity contribution in [3.05, 3.63) is 71.7 Å². The number of carbonyl (C=O) groups is 1.